The summed E-state index contributed by atoms with van der Waals surface area (Å²) in [4.78, 5) is 8.86. The van der Waals surface area contributed by atoms with E-state index < -0.39 is 0 Å². The first-order valence-electron chi connectivity index (χ1n) is 7.94. The molecule has 0 bridgehead atoms. The molecule has 6 nitrogen and oxygen atoms in total. The van der Waals surface area contributed by atoms with Gasteiger partial charge in [-0.25, -0.2) is 9.98 Å². The number of pyridine rings is 1. The first-order chi connectivity index (χ1) is 11.3. The van der Waals surface area contributed by atoms with Gasteiger partial charge in [-0.05, 0) is 31.5 Å². The predicted octanol–water partition coefficient (Wildman–Crippen LogP) is 2.72. The maximum Gasteiger partial charge on any atom is 0.218 e. The number of aromatic nitrogens is 1. The van der Waals surface area contributed by atoms with Crippen LogP contribution < -0.4 is 15.4 Å². The van der Waals surface area contributed by atoms with Crippen molar-refractivity contribution in [3.05, 3.63) is 48.0 Å². The van der Waals surface area contributed by atoms with Crippen LogP contribution in [-0.4, -0.2) is 24.1 Å². The lowest BCUT2D eigenvalue weighted by atomic mass is 10.3. The molecule has 0 aliphatic carbocycles. The second-order valence-corrected chi connectivity index (χ2v) is 4.94. The highest BCUT2D eigenvalue weighted by Crippen LogP contribution is 2.15. The summed E-state index contributed by atoms with van der Waals surface area (Å²) in [6.45, 7) is 6.64. The molecular formula is C17H24N4O2. The standard InChI is InChI=1S/C17H24N4O2/c1-3-10-23-16-14(7-5-9-19-16)12-20-17(18-4-2)21-13-15-8-6-11-22-15/h5-9,11H,3-4,10,12-13H2,1-2H3,(H2,18,20,21). The average molecular weight is 316 g/mol. The van der Waals surface area contributed by atoms with E-state index in [-0.39, 0.29) is 0 Å². The Kier molecular flexibility index (Phi) is 6.97. The zero-order chi connectivity index (χ0) is 16.3. The summed E-state index contributed by atoms with van der Waals surface area (Å²) in [7, 11) is 0. The average Bonchev–Trinajstić information content (AvgIpc) is 3.09. The summed E-state index contributed by atoms with van der Waals surface area (Å²) in [5, 5.41) is 6.45. The van der Waals surface area contributed by atoms with Gasteiger partial charge in [0.25, 0.3) is 0 Å². The molecule has 2 aromatic rings. The third-order valence-corrected chi connectivity index (χ3v) is 3.05. The quantitative estimate of drug-likeness (QED) is 0.579. The van der Waals surface area contributed by atoms with Gasteiger partial charge in [0.2, 0.25) is 5.88 Å². The largest absolute Gasteiger partial charge is 0.477 e. The fraction of sp³-hybridized carbons (Fsp3) is 0.412. The number of guanidine groups is 1. The van der Waals surface area contributed by atoms with Gasteiger partial charge in [0, 0.05) is 18.3 Å². The van der Waals surface area contributed by atoms with Crippen molar-refractivity contribution in [1.82, 2.24) is 15.6 Å². The van der Waals surface area contributed by atoms with Crippen molar-refractivity contribution in [3.63, 3.8) is 0 Å². The maximum atomic E-state index is 5.66. The van der Waals surface area contributed by atoms with Gasteiger partial charge in [0.05, 0.1) is 26.0 Å². The summed E-state index contributed by atoms with van der Waals surface area (Å²) in [6.07, 6.45) is 4.35. The van der Waals surface area contributed by atoms with Crippen LogP contribution in [-0.2, 0) is 13.1 Å². The van der Waals surface area contributed by atoms with E-state index in [9.17, 15) is 0 Å². The molecule has 2 N–H and O–H groups in total. The Labute approximate surface area is 137 Å². The van der Waals surface area contributed by atoms with Crippen LogP contribution in [0.25, 0.3) is 0 Å². The van der Waals surface area contributed by atoms with Gasteiger partial charge >= 0.3 is 0 Å². The maximum absolute atomic E-state index is 5.66. The van der Waals surface area contributed by atoms with Crippen LogP contribution >= 0.6 is 0 Å². The summed E-state index contributed by atoms with van der Waals surface area (Å²) in [6, 6.07) is 7.67. The van der Waals surface area contributed by atoms with Crippen molar-refractivity contribution < 1.29 is 9.15 Å². The van der Waals surface area contributed by atoms with E-state index in [2.05, 4.69) is 27.5 Å². The van der Waals surface area contributed by atoms with Gasteiger partial charge in [-0.3, -0.25) is 0 Å². The molecule has 124 valence electrons. The molecule has 6 heteroatoms. The van der Waals surface area contributed by atoms with E-state index in [0.29, 0.717) is 25.6 Å². The molecule has 0 aliphatic heterocycles. The second kappa shape index (κ2) is 9.50. The highest BCUT2D eigenvalue weighted by atomic mass is 16.5. The summed E-state index contributed by atoms with van der Waals surface area (Å²) in [5.41, 5.74) is 0.969. The second-order valence-electron chi connectivity index (χ2n) is 4.94. The van der Waals surface area contributed by atoms with Gasteiger partial charge in [-0.15, -0.1) is 0 Å². The molecule has 0 saturated heterocycles. The topological polar surface area (TPSA) is 71.7 Å². The number of rotatable bonds is 8. The first-order valence-corrected chi connectivity index (χ1v) is 7.94. The van der Waals surface area contributed by atoms with Gasteiger partial charge in [0.15, 0.2) is 5.96 Å². The van der Waals surface area contributed by atoms with Gasteiger partial charge in [-0.1, -0.05) is 13.0 Å². The number of aliphatic imine (C=N–C) groups is 1. The Morgan fingerprint density at radius 1 is 1.26 bits per heavy atom. The van der Waals surface area contributed by atoms with Crippen molar-refractivity contribution in [1.29, 1.82) is 0 Å². The lowest BCUT2D eigenvalue weighted by Crippen LogP contribution is -2.36. The molecule has 0 saturated carbocycles. The predicted molar refractivity (Wildman–Crippen MR) is 90.4 cm³/mol. The van der Waals surface area contributed by atoms with Crippen LogP contribution in [0.5, 0.6) is 5.88 Å². The van der Waals surface area contributed by atoms with Crippen molar-refractivity contribution >= 4 is 5.96 Å². The number of ether oxygens (including phenoxy) is 1. The first kappa shape index (κ1) is 16.9. The number of nitrogens with zero attached hydrogens (tertiary/aromatic N) is 2. The molecule has 2 rings (SSSR count). The summed E-state index contributed by atoms with van der Waals surface area (Å²) < 4.78 is 11.0. The molecule has 0 spiro atoms. The van der Waals surface area contributed by atoms with Crippen LogP contribution in [0.2, 0.25) is 0 Å². The molecule has 2 heterocycles. The minimum absolute atomic E-state index is 0.500. The van der Waals surface area contributed by atoms with E-state index in [4.69, 9.17) is 9.15 Å². The van der Waals surface area contributed by atoms with Crippen LogP contribution in [0.1, 0.15) is 31.6 Å². The van der Waals surface area contributed by atoms with Crippen molar-refractivity contribution in [2.75, 3.05) is 13.2 Å². The van der Waals surface area contributed by atoms with E-state index in [1.165, 1.54) is 0 Å². The third-order valence-electron chi connectivity index (χ3n) is 3.05. The Balaban J connectivity index is 1.99. The van der Waals surface area contributed by atoms with Crippen LogP contribution in [0.15, 0.2) is 46.1 Å². The third kappa shape index (κ3) is 5.65. The fourth-order valence-electron chi connectivity index (χ4n) is 1.96. The molecule has 0 radical (unpaired) electrons. The molecule has 0 unspecified atom stereocenters. The Morgan fingerprint density at radius 2 is 2.17 bits per heavy atom. The van der Waals surface area contributed by atoms with Gasteiger partial charge in [-0.2, -0.15) is 0 Å². The van der Waals surface area contributed by atoms with Crippen LogP contribution in [0.3, 0.4) is 0 Å². The fourth-order valence-corrected chi connectivity index (χ4v) is 1.96. The number of hydrogen-bond donors (Lipinski definition) is 2. The number of nitrogens with one attached hydrogen (secondary N) is 2. The van der Waals surface area contributed by atoms with E-state index in [0.717, 1.165) is 30.2 Å². The lowest BCUT2D eigenvalue weighted by Gasteiger charge is -2.11. The molecule has 0 aliphatic rings. The smallest absolute Gasteiger partial charge is 0.218 e. The van der Waals surface area contributed by atoms with Crippen LogP contribution in [0.4, 0.5) is 0 Å². The van der Waals surface area contributed by atoms with Gasteiger partial charge in [0.1, 0.15) is 5.76 Å². The molecule has 0 atom stereocenters. The van der Waals surface area contributed by atoms with Gasteiger partial charge < -0.3 is 19.8 Å². The summed E-state index contributed by atoms with van der Waals surface area (Å²) >= 11 is 0. The number of hydrogen-bond acceptors (Lipinski definition) is 4. The molecular weight excluding hydrogens is 292 g/mol. The zero-order valence-corrected chi connectivity index (χ0v) is 13.7. The monoisotopic (exact) mass is 316 g/mol. The molecule has 0 amide bonds. The number of furan rings is 1. The Bertz CT molecular complexity index is 596. The van der Waals surface area contributed by atoms with E-state index in [1.807, 2.05) is 31.2 Å². The Morgan fingerprint density at radius 3 is 2.91 bits per heavy atom. The van der Waals surface area contributed by atoms with E-state index >= 15 is 0 Å². The summed E-state index contributed by atoms with van der Waals surface area (Å²) in [5.74, 6) is 2.25. The SMILES string of the molecule is CCCOc1ncccc1CN=C(NCC)NCc1ccco1. The van der Waals surface area contributed by atoms with Crippen LogP contribution in [0, 0.1) is 0 Å². The molecule has 23 heavy (non-hydrogen) atoms. The minimum Gasteiger partial charge on any atom is -0.477 e. The normalized spacial score (nSPS) is 11.3. The highest BCUT2D eigenvalue weighted by molar-refractivity contribution is 5.79. The zero-order valence-electron chi connectivity index (χ0n) is 13.7. The Hall–Kier alpha value is -2.50. The highest BCUT2D eigenvalue weighted by Gasteiger charge is 2.05. The molecule has 0 fully saturated rings. The molecule has 2 aromatic heterocycles. The van der Waals surface area contributed by atoms with Crippen molar-refractivity contribution in [2.45, 2.75) is 33.4 Å². The van der Waals surface area contributed by atoms with Crippen molar-refractivity contribution in [3.8, 4) is 5.88 Å². The van der Waals surface area contributed by atoms with E-state index in [1.54, 1.807) is 12.5 Å². The molecule has 0 aromatic carbocycles. The van der Waals surface area contributed by atoms with Crippen molar-refractivity contribution in [2.24, 2.45) is 4.99 Å². The minimum atomic E-state index is 0.500. The lowest BCUT2D eigenvalue weighted by molar-refractivity contribution is 0.302.